The SMILES string of the molecule is CC(Oc1ccc2[nH]nc(-c3ccc(N4CCS(=N)(=O)CC4)nc3)c2c1)c1c(F)cncc1Cl. The number of nitrogens with one attached hydrogen (secondary N) is 2. The highest BCUT2D eigenvalue weighted by atomic mass is 35.5. The van der Waals surface area contributed by atoms with Crippen LogP contribution in [-0.4, -0.2) is 49.0 Å². The van der Waals surface area contributed by atoms with Crippen LogP contribution in [0.1, 0.15) is 18.6 Å². The number of rotatable bonds is 5. The fourth-order valence-electron chi connectivity index (χ4n) is 4.03. The number of ether oxygens (including phenoxy) is 1. The molecule has 0 radical (unpaired) electrons. The number of halogens is 2. The van der Waals surface area contributed by atoms with Crippen LogP contribution in [0.2, 0.25) is 5.02 Å². The Balaban J connectivity index is 1.39. The molecule has 4 heterocycles. The molecule has 0 aliphatic carbocycles. The van der Waals surface area contributed by atoms with Crippen LogP contribution >= 0.6 is 11.6 Å². The van der Waals surface area contributed by atoms with Gasteiger partial charge in [-0.25, -0.2) is 13.6 Å². The first-order valence-electron chi connectivity index (χ1n) is 10.7. The van der Waals surface area contributed by atoms with Crippen molar-refractivity contribution in [1.82, 2.24) is 20.2 Å². The van der Waals surface area contributed by atoms with Gasteiger partial charge in [0.25, 0.3) is 0 Å². The summed E-state index contributed by atoms with van der Waals surface area (Å²) in [7, 11) is -2.45. The van der Waals surface area contributed by atoms with Gasteiger partial charge < -0.3 is 9.64 Å². The maximum Gasteiger partial charge on any atom is 0.149 e. The van der Waals surface area contributed by atoms with Gasteiger partial charge in [0.2, 0.25) is 0 Å². The van der Waals surface area contributed by atoms with Gasteiger partial charge in [0.1, 0.15) is 29.2 Å². The molecule has 34 heavy (non-hydrogen) atoms. The molecule has 1 aromatic carbocycles. The van der Waals surface area contributed by atoms with E-state index in [1.54, 1.807) is 19.2 Å². The predicted octanol–water partition coefficient (Wildman–Crippen LogP) is 4.82. The van der Waals surface area contributed by atoms with Crippen molar-refractivity contribution in [2.45, 2.75) is 13.0 Å². The summed E-state index contributed by atoms with van der Waals surface area (Å²) in [6.07, 6.45) is 3.64. The molecule has 0 amide bonds. The Hall–Kier alpha value is -3.24. The molecular formula is C23H22ClFN6O2S. The monoisotopic (exact) mass is 500 g/mol. The molecule has 0 spiro atoms. The summed E-state index contributed by atoms with van der Waals surface area (Å²) in [5.74, 6) is 1.53. The lowest BCUT2D eigenvalue weighted by Gasteiger charge is -2.28. The van der Waals surface area contributed by atoms with E-state index in [0.29, 0.717) is 36.0 Å². The summed E-state index contributed by atoms with van der Waals surface area (Å²) < 4.78 is 39.9. The van der Waals surface area contributed by atoms with Crippen LogP contribution in [0, 0.1) is 10.6 Å². The number of anilines is 1. The molecule has 5 rings (SSSR count). The summed E-state index contributed by atoms with van der Waals surface area (Å²) in [5, 5.41) is 8.52. The Bertz CT molecular complexity index is 1420. The van der Waals surface area contributed by atoms with E-state index in [2.05, 4.69) is 20.2 Å². The van der Waals surface area contributed by atoms with Crippen molar-refractivity contribution in [3.63, 3.8) is 0 Å². The van der Waals surface area contributed by atoms with E-state index in [4.69, 9.17) is 21.1 Å². The summed E-state index contributed by atoms with van der Waals surface area (Å²) in [6.45, 7) is 2.84. The van der Waals surface area contributed by atoms with E-state index in [-0.39, 0.29) is 10.6 Å². The lowest BCUT2D eigenvalue weighted by Crippen LogP contribution is -2.40. The third kappa shape index (κ3) is 4.43. The maximum atomic E-state index is 14.2. The molecular weight excluding hydrogens is 479 g/mol. The minimum absolute atomic E-state index is 0.211. The molecule has 1 aliphatic heterocycles. The van der Waals surface area contributed by atoms with Gasteiger partial charge in [0.15, 0.2) is 0 Å². The van der Waals surface area contributed by atoms with Gasteiger partial charge in [-0.1, -0.05) is 11.6 Å². The molecule has 0 bridgehead atoms. The second kappa shape index (κ2) is 8.84. The van der Waals surface area contributed by atoms with Crippen LogP contribution in [0.25, 0.3) is 22.2 Å². The zero-order valence-corrected chi connectivity index (χ0v) is 19.9. The van der Waals surface area contributed by atoms with Crippen LogP contribution in [0.4, 0.5) is 10.2 Å². The standard InChI is InChI=1S/C23H22ClFN6O2S/c1-14(22-18(24)12-27-13-19(22)25)33-16-3-4-20-17(10-16)23(30-29-20)15-2-5-21(28-11-15)31-6-8-34(26,32)9-7-31/h2-5,10-14,26H,6-9H2,1H3,(H,29,30). The average Bonchev–Trinajstić information content (AvgIpc) is 3.22. The third-order valence-electron chi connectivity index (χ3n) is 5.87. The van der Waals surface area contributed by atoms with E-state index in [9.17, 15) is 8.60 Å². The Morgan fingerprint density at radius 2 is 2.00 bits per heavy atom. The van der Waals surface area contributed by atoms with Gasteiger partial charge in [0.05, 0.1) is 16.7 Å². The number of nitrogens with zero attached hydrogens (tertiary/aromatic N) is 4. The highest BCUT2D eigenvalue weighted by Gasteiger charge is 2.21. The topological polar surface area (TPSA) is 108 Å². The van der Waals surface area contributed by atoms with Crippen LogP contribution in [0.15, 0.2) is 48.9 Å². The Morgan fingerprint density at radius 3 is 2.71 bits per heavy atom. The van der Waals surface area contributed by atoms with E-state index in [1.807, 2.05) is 29.2 Å². The lowest BCUT2D eigenvalue weighted by atomic mass is 10.1. The quantitative estimate of drug-likeness (QED) is 0.407. The third-order valence-corrected chi connectivity index (χ3v) is 7.86. The van der Waals surface area contributed by atoms with Gasteiger partial charge >= 0.3 is 0 Å². The van der Waals surface area contributed by atoms with Crippen molar-refractivity contribution in [1.29, 1.82) is 4.78 Å². The molecule has 1 saturated heterocycles. The molecule has 3 aromatic heterocycles. The van der Waals surface area contributed by atoms with E-state index < -0.39 is 21.7 Å². The minimum atomic E-state index is -2.45. The molecule has 11 heteroatoms. The Labute approximate surface area is 201 Å². The first-order chi connectivity index (χ1) is 16.3. The maximum absolute atomic E-state index is 14.2. The highest BCUT2D eigenvalue weighted by molar-refractivity contribution is 7.92. The van der Waals surface area contributed by atoms with Gasteiger partial charge in [-0.3, -0.25) is 14.9 Å². The van der Waals surface area contributed by atoms with Crippen molar-refractivity contribution >= 4 is 38.1 Å². The van der Waals surface area contributed by atoms with Crippen molar-refractivity contribution in [2.24, 2.45) is 0 Å². The first-order valence-corrected chi connectivity index (χ1v) is 13.0. The first kappa shape index (κ1) is 22.5. The Morgan fingerprint density at radius 1 is 1.21 bits per heavy atom. The second-order valence-corrected chi connectivity index (χ2v) is 11.0. The summed E-state index contributed by atoms with van der Waals surface area (Å²) >= 11 is 6.12. The zero-order chi connectivity index (χ0) is 23.9. The molecule has 1 atom stereocenters. The number of hydrogen-bond donors (Lipinski definition) is 2. The van der Waals surface area contributed by atoms with E-state index in [0.717, 1.165) is 28.5 Å². The molecule has 1 aliphatic rings. The largest absolute Gasteiger partial charge is 0.486 e. The van der Waals surface area contributed by atoms with Gasteiger partial charge in [-0.2, -0.15) is 5.10 Å². The highest BCUT2D eigenvalue weighted by Crippen LogP contribution is 2.33. The molecule has 1 unspecified atom stereocenters. The smallest absolute Gasteiger partial charge is 0.149 e. The van der Waals surface area contributed by atoms with Crippen molar-refractivity contribution in [3.8, 4) is 17.0 Å². The van der Waals surface area contributed by atoms with Crippen molar-refractivity contribution in [2.75, 3.05) is 29.5 Å². The molecule has 2 N–H and O–H groups in total. The predicted molar refractivity (Wildman–Crippen MR) is 130 cm³/mol. The number of aromatic amines is 1. The second-order valence-electron chi connectivity index (χ2n) is 8.17. The van der Waals surface area contributed by atoms with E-state index in [1.165, 1.54) is 6.20 Å². The van der Waals surface area contributed by atoms with Gasteiger partial charge in [-0.05, 0) is 37.3 Å². The molecule has 176 valence electrons. The number of aromatic nitrogens is 4. The zero-order valence-electron chi connectivity index (χ0n) is 18.3. The molecule has 1 fully saturated rings. The van der Waals surface area contributed by atoms with Gasteiger partial charge in [-0.15, -0.1) is 0 Å². The van der Waals surface area contributed by atoms with Crippen LogP contribution < -0.4 is 9.64 Å². The fraction of sp³-hybridized carbons (Fsp3) is 0.261. The normalized spacial score (nSPS) is 16.5. The van der Waals surface area contributed by atoms with Crippen LogP contribution in [0.5, 0.6) is 5.75 Å². The average molecular weight is 501 g/mol. The molecule has 4 aromatic rings. The van der Waals surface area contributed by atoms with Crippen LogP contribution in [0.3, 0.4) is 0 Å². The number of hydrogen-bond acceptors (Lipinski definition) is 7. The summed E-state index contributed by atoms with van der Waals surface area (Å²) in [4.78, 5) is 10.4. The number of fused-ring (bicyclic) bond motifs is 1. The van der Waals surface area contributed by atoms with Crippen molar-refractivity contribution in [3.05, 3.63) is 65.3 Å². The molecule has 0 saturated carbocycles. The minimum Gasteiger partial charge on any atom is -0.486 e. The summed E-state index contributed by atoms with van der Waals surface area (Å²) in [6, 6.07) is 9.33. The molecule has 8 nitrogen and oxygen atoms in total. The number of pyridine rings is 2. The number of H-pyrrole nitrogens is 1. The van der Waals surface area contributed by atoms with Crippen molar-refractivity contribution < 1.29 is 13.3 Å². The van der Waals surface area contributed by atoms with E-state index >= 15 is 0 Å². The fourth-order valence-corrected chi connectivity index (χ4v) is 5.57. The van der Waals surface area contributed by atoms with Crippen LogP contribution in [-0.2, 0) is 9.73 Å². The summed E-state index contributed by atoms with van der Waals surface area (Å²) in [5.41, 5.74) is 2.62. The lowest BCUT2D eigenvalue weighted by molar-refractivity contribution is 0.221. The Kier molecular flexibility index (Phi) is 5.86. The van der Waals surface area contributed by atoms with Gasteiger partial charge in [0, 0.05) is 63.2 Å². The number of benzene rings is 1.